The van der Waals surface area contributed by atoms with Crippen LogP contribution in [0.2, 0.25) is 0 Å². The molecule has 32 heavy (non-hydrogen) atoms. The number of nitrogens with one attached hydrogen (secondary N) is 1. The molecule has 11 heteroatoms. The van der Waals surface area contributed by atoms with Gasteiger partial charge in [-0.2, -0.15) is 18.3 Å². The number of carbonyl (C=O) groups excluding carboxylic acids is 1. The molecule has 0 aromatic heterocycles. The molecule has 2 aromatic carbocycles. The van der Waals surface area contributed by atoms with Gasteiger partial charge in [0.05, 0.1) is 18.1 Å². The molecule has 1 saturated heterocycles. The van der Waals surface area contributed by atoms with Gasteiger partial charge in [0.15, 0.2) is 0 Å². The van der Waals surface area contributed by atoms with Crippen LogP contribution in [0.1, 0.15) is 5.56 Å². The lowest BCUT2D eigenvalue weighted by molar-refractivity contribution is -0.112. The van der Waals surface area contributed by atoms with Crippen LogP contribution in [0.15, 0.2) is 59.0 Å². The Labute approximate surface area is 183 Å². The van der Waals surface area contributed by atoms with Gasteiger partial charge in [-0.1, -0.05) is 12.1 Å². The number of hydrogen-bond donors (Lipinski definition) is 1. The number of carbonyl (C=O) groups is 1. The summed E-state index contributed by atoms with van der Waals surface area (Å²) in [6.45, 7) is -1.75. The van der Waals surface area contributed by atoms with E-state index in [0.717, 1.165) is 0 Å². The minimum absolute atomic E-state index is 0.0489. The minimum atomic E-state index is -3.66. The summed E-state index contributed by atoms with van der Waals surface area (Å²) in [6, 6.07) is 12.8. The molecule has 1 amide bonds. The smallest absolute Gasteiger partial charge is 0.387 e. The fraction of sp³-hybridized carbons (Fsp3) is 0.238. The topological polar surface area (TPSA) is 109 Å². The Morgan fingerprint density at radius 1 is 1.12 bits per heavy atom. The van der Waals surface area contributed by atoms with E-state index >= 15 is 0 Å². The molecule has 2 aromatic rings. The van der Waals surface area contributed by atoms with Crippen molar-refractivity contribution in [2.45, 2.75) is 11.5 Å². The number of amides is 1. The van der Waals surface area contributed by atoms with Crippen LogP contribution in [-0.2, 0) is 19.6 Å². The summed E-state index contributed by atoms with van der Waals surface area (Å²) in [5, 5.41) is 11.8. The van der Waals surface area contributed by atoms with Crippen molar-refractivity contribution in [3.63, 3.8) is 0 Å². The summed E-state index contributed by atoms with van der Waals surface area (Å²) in [6.07, 6.45) is 1.29. The number of hydrogen-bond acceptors (Lipinski definition) is 6. The van der Waals surface area contributed by atoms with E-state index in [2.05, 4.69) is 10.1 Å². The van der Waals surface area contributed by atoms with Crippen molar-refractivity contribution in [2.24, 2.45) is 0 Å². The van der Waals surface area contributed by atoms with Crippen LogP contribution >= 0.6 is 0 Å². The molecular weight excluding hydrogens is 444 g/mol. The van der Waals surface area contributed by atoms with E-state index < -0.39 is 22.5 Å². The number of anilines is 1. The molecule has 3 rings (SSSR count). The van der Waals surface area contributed by atoms with Crippen molar-refractivity contribution < 1.29 is 31.5 Å². The molecule has 0 atom stereocenters. The van der Waals surface area contributed by atoms with Gasteiger partial charge in [0.25, 0.3) is 5.91 Å². The second-order valence-electron chi connectivity index (χ2n) is 6.61. The number of benzene rings is 2. The quantitative estimate of drug-likeness (QED) is 0.500. The Morgan fingerprint density at radius 2 is 1.75 bits per heavy atom. The first-order valence-corrected chi connectivity index (χ1v) is 10.9. The molecule has 0 aliphatic carbocycles. The number of sulfonamides is 1. The summed E-state index contributed by atoms with van der Waals surface area (Å²) >= 11 is 0. The zero-order valence-electron chi connectivity index (χ0n) is 16.7. The lowest BCUT2D eigenvalue weighted by Gasteiger charge is -2.26. The molecule has 1 heterocycles. The third kappa shape index (κ3) is 5.88. The van der Waals surface area contributed by atoms with E-state index in [0.29, 0.717) is 24.5 Å². The number of nitrogens with zero attached hydrogens (tertiary/aromatic N) is 2. The Kier molecular flexibility index (Phi) is 7.53. The van der Waals surface area contributed by atoms with Gasteiger partial charge in [0, 0.05) is 18.8 Å². The van der Waals surface area contributed by atoms with Gasteiger partial charge < -0.3 is 14.8 Å². The molecule has 1 aliphatic rings. The number of morpholine rings is 1. The predicted octanol–water partition coefficient (Wildman–Crippen LogP) is 2.85. The van der Waals surface area contributed by atoms with Crippen LogP contribution in [0.3, 0.4) is 0 Å². The first-order valence-electron chi connectivity index (χ1n) is 9.45. The molecule has 0 spiro atoms. The van der Waals surface area contributed by atoms with Gasteiger partial charge >= 0.3 is 6.61 Å². The Morgan fingerprint density at radius 3 is 2.31 bits per heavy atom. The maximum absolute atomic E-state index is 12.6. The fourth-order valence-electron chi connectivity index (χ4n) is 2.91. The second-order valence-corrected chi connectivity index (χ2v) is 8.55. The summed E-state index contributed by atoms with van der Waals surface area (Å²) in [5.41, 5.74) is 0.514. The van der Waals surface area contributed by atoms with E-state index in [-0.39, 0.29) is 29.3 Å². The van der Waals surface area contributed by atoms with E-state index in [4.69, 9.17) is 4.74 Å². The van der Waals surface area contributed by atoms with Crippen LogP contribution in [0.4, 0.5) is 14.5 Å². The molecule has 8 nitrogen and oxygen atoms in total. The van der Waals surface area contributed by atoms with Gasteiger partial charge in [-0.25, -0.2) is 8.42 Å². The van der Waals surface area contributed by atoms with E-state index in [1.807, 2.05) is 0 Å². The highest BCUT2D eigenvalue weighted by Crippen LogP contribution is 2.21. The first-order chi connectivity index (χ1) is 15.3. The lowest BCUT2D eigenvalue weighted by atomic mass is 10.1. The van der Waals surface area contributed by atoms with Crippen LogP contribution < -0.4 is 10.1 Å². The number of nitriles is 1. The van der Waals surface area contributed by atoms with Crippen molar-refractivity contribution in [3.8, 4) is 11.8 Å². The van der Waals surface area contributed by atoms with Gasteiger partial charge in [-0.3, -0.25) is 4.79 Å². The van der Waals surface area contributed by atoms with Crippen molar-refractivity contribution in [2.75, 3.05) is 31.6 Å². The molecular formula is C21H19F2N3O5S. The highest BCUT2D eigenvalue weighted by atomic mass is 32.2. The van der Waals surface area contributed by atoms with Gasteiger partial charge in [-0.15, -0.1) is 0 Å². The van der Waals surface area contributed by atoms with Gasteiger partial charge in [-0.05, 0) is 48.0 Å². The average molecular weight is 463 g/mol. The summed E-state index contributed by atoms with van der Waals surface area (Å²) in [5.74, 6) is -0.753. The SMILES string of the molecule is N#C/C(=C/c1ccc(OC(F)F)cc1)C(=O)Nc1ccc(S(=O)(=O)N2CCOCC2)cc1. The van der Waals surface area contributed by atoms with Crippen LogP contribution in [0.25, 0.3) is 6.08 Å². The maximum atomic E-state index is 12.6. The standard InChI is InChI=1S/C21H19F2N3O5S/c22-21(23)31-18-5-1-15(2-6-18)13-16(14-24)20(27)25-17-3-7-19(8-4-17)32(28,29)26-9-11-30-12-10-26/h1-8,13,21H,9-12H2,(H,25,27)/b16-13-. The molecule has 1 N–H and O–H groups in total. The van der Waals surface area contributed by atoms with E-state index in [1.54, 1.807) is 6.07 Å². The van der Waals surface area contributed by atoms with Crippen LogP contribution in [-0.4, -0.2) is 51.5 Å². The average Bonchev–Trinajstić information content (AvgIpc) is 2.79. The summed E-state index contributed by atoms with van der Waals surface area (Å²) in [7, 11) is -3.66. The molecule has 1 aliphatic heterocycles. The second kappa shape index (κ2) is 10.3. The third-order valence-electron chi connectivity index (χ3n) is 4.50. The van der Waals surface area contributed by atoms with Crippen molar-refractivity contribution >= 4 is 27.7 Å². The molecule has 0 saturated carbocycles. The van der Waals surface area contributed by atoms with Crippen molar-refractivity contribution in [3.05, 3.63) is 59.7 Å². The zero-order chi connectivity index (χ0) is 23.1. The summed E-state index contributed by atoms with van der Waals surface area (Å²) < 4.78 is 60.5. The first kappa shape index (κ1) is 23.3. The molecule has 168 valence electrons. The number of ether oxygens (including phenoxy) is 2. The largest absolute Gasteiger partial charge is 0.435 e. The molecule has 0 bridgehead atoms. The van der Waals surface area contributed by atoms with Crippen molar-refractivity contribution in [1.29, 1.82) is 5.26 Å². The van der Waals surface area contributed by atoms with Crippen LogP contribution in [0, 0.1) is 11.3 Å². The Hall–Kier alpha value is -3.33. The predicted molar refractivity (Wildman–Crippen MR) is 111 cm³/mol. The number of halogens is 2. The van der Waals surface area contributed by atoms with E-state index in [9.17, 15) is 27.3 Å². The van der Waals surface area contributed by atoms with Gasteiger partial charge in [0.1, 0.15) is 17.4 Å². The Balaban J connectivity index is 1.68. The molecule has 1 fully saturated rings. The number of alkyl halides is 2. The maximum Gasteiger partial charge on any atom is 0.387 e. The van der Waals surface area contributed by atoms with Gasteiger partial charge in [0.2, 0.25) is 10.0 Å². The third-order valence-corrected chi connectivity index (χ3v) is 6.41. The van der Waals surface area contributed by atoms with Crippen molar-refractivity contribution in [1.82, 2.24) is 4.31 Å². The van der Waals surface area contributed by atoms with Crippen LogP contribution in [0.5, 0.6) is 5.75 Å². The highest BCUT2D eigenvalue weighted by Gasteiger charge is 2.26. The minimum Gasteiger partial charge on any atom is -0.435 e. The normalized spacial score (nSPS) is 15.2. The number of rotatable bonds is 7. The summed E-state index contributed by atoms with van der Waals surface area (Å²) in [4.78, 5) is 12.5. The molecule has 0 unspecified atom stereocenters. The Bertz CT molecular complexity index is 1120. The lowest BCUT2D eigenvalue weighted by Crippen LogP contribution is -2.40. The zero-order valence-corrected chi connectivity index (χ0v) is 17.5. The fourth-order valence-corrected chi connectivity index (χ4v) is 4.31. The van der Waals surface area contributed by atoms with E-state index in [1.165, 1.54) is 58.9 Å². The molecule has 0 radical (unpaired) electrons. The monoisotopic (exact) mass is 463 g/mol. The highest BCUT2D eigenvalue weighted by molar-refractivity contribution is 7.89.